The molecule has 0 fully saturated rings. The summed E-state index contributed by atoms with van der Waals surface area (Å²) < 4.78 is 4.92. The minimum absolute atomic E-state index is 0.220. The van der Waals surface area contributed by atoms with E-state index in [1.165, 1.54) is 12.1 Å². The average molecular weight is 332 g/mol. The number of rotatable bonds is 4. The quantitative estimate of drug-likeness (QED) is 0.845. The van der Waals surface area contributed by atoms with Crippen LogP contribution in [0.3, 0.4) is 0 Å². The number of halogens is 1. The van der Waals surface area contributed by atoms with Crippen LogP contribution in [0.4, 0.5) is 5.69 Å². The Bertz CT molecular complexity index is 756. The molecule has 1 N–H and O–H groups in total. The lowest BCUT2D eigenvalue weighted by Gasteiger charge is -2.10. The molecule has 2 rings (SSSR count). The van der Waals surface area contributed by atoms with Gasteiger partial charge in [-0.3, -0.25) is 4.79 Å². The second-order valence-corrected chi connectivity index (χ2v) is 5.59. The van der Waals surface area contributed by atoms with E-state index in [-0.39, 0.29) is 23.1 Å². The summed E-state index contributed by atoms with van der Waals surface area (Å²) >= 11 is 6.09. The largest absolute Gasteiger partial charge is 0.462 e. The number of ether oxygens (including phenoxy) is 1. The van der Waals surface area contributed by atoms with Crippen molar-refractivity contribution in [2.75, 3.05) is 11.9 Å². The number of benzene rings is 2. The molecule has 0 aliphatic heterocycles. The van der Waals surface area contributed by atoms with Crippen molar-refractivity contribution < 1.29 is 14.3 Å². The predicted octanol–water partition coefficient (Wildman–Crippen LogP) is 4.39. The van der Waals surface area contributed by atoms with Crippen LogP contribution in [0, 0.1) is 13.8 Å². The van der Waals surface area contributed by atoms with Crippen LogP contribution >= 0.6 is 11.6 Å². The number of hydrogen-bond donors (Lipinski definition) is 1. The van der Waals surface area contributed by atoms with Crippen molar-refractivity contribution in [3.8, 4) is 0 Å². The molecule has 1 amide bonds. The van der Waals surface area contributed by atoms with Crippen LogP contribution in [0.5, 0.6) is 0 Å². The first kappa shape index (κ1) is 17.0. The Labute approximate surface area is 140 Å². The molecule has 23 heavy (non-hydrogen) atoms. The van der Waals surface area contributed by atoms with Crippen LogP contribution in [-0.4, -0.2) is 18.5 Å². The van der Waals surface area contributed by atoms with Crippen molar-refractivity contribution in [1.82, 2.24) is 0 Å². The highest BCUT2D eigenvalue weighted by atomic mass is 35.5. The standard InChI is InChI=1S/C18H18ClNO3/c1-4-23-18(22)15-8-6-13(10-16(15)19)20-17(21)14-7-5-11(2)9-12(14)3/h5-10H,4H2,1-3H3,(H,20,21). The van der Waals surface area contributed by atoms with Gasteiger partial charge in [0, 0.05) is 11.3 Å². The fraction of sp³-hybridized carbons (Fsp3) is 0.222. The third-order valence-electron chi connectivity index (χ3n) is 3.35. The van der Waals surface area contributed by atoms with E-state index in [9.17, 15) is 9.59 Å². The fourth-order valence-electron chi connectivity index (χ4n) is 2.23. The van der Waals surface area contributed by atoms with Gasteiger partial charge in [-0.05, 0) is 50.6 Å². The van der Waals surface area contributed by atoms with Gasteiger partial charge in [-0.25, -0.2) is 4.79 Å². The molecule has 5 heteroatoms. The van der Waals surface area contributed by atoms with E-state index in [0.29, 0.717) is 11.3 Å². The number of carbonyl (C=O) groups excluding carboxylic acids is 2. The molecule has 0 aromatic heterocycles. The minimum atomic E-state index is -0.482. The van der Waals surface area contributed by atoms with Crippen molar-refractivity contribution in [3.63, 3.8) is 0 Å². The Morgan fingerprint density at radius 2 is 1.78 bits per heavy atom. The summed E-state index contributed by atoms with van der Waals surface area (Å²) in [5.41, 5.74) is 3.39. The van der Waals surface area contributed by atoms with E-state index in [1.54, 1.807) is 19.1 Å². The number of aryl methyl sites for hydroxylation is 2. The highest BCUT2D eigenvalue weighted by Crippen LogP contribution is 2.23. The van der Waals surface area contributed by atoms with Crippen molar-refractivity contribution in [2.24, 2.45) is 0 Å². The maximum atomic E-state index is 12.3. The molecule has 0 bridgehead atoms. The lowest BCUT2D eigenvalue weighted by atomic mass is 10.1. The van der Waals surface area contributed by atoms with Crippen LogP contribution in [0.25, 0.3) is 0 Å². The van der Waals surface area contributed by atoms with Crippen molar-refractivity contribution in [3.05, 3.63) is 63.7 Å². The zero-order valence-corrected chi connectivity index (χ0v) is 14.0. The molecular weight excluding hydrogens is 314 g/mol. The zero-order valence-electron chi connectivity index (χ0n) is 13.3. The van der Waals surface area contributed by atoms with Crippen LogP contribution in [-0.2, 0) is 4.74 Å². The Hall–Kier alpha value is -2.33. The van der Waals surface area contributed by atoms with Crippen LogP contribution in [0.2, 0.25) is 5.02 Å². The van der Waals surface area contributed by atoms with Gasteiger partial charge in [-0.1, -0.05) is 29.3 Å². The molecule has 0 aliphatic carbocycles. The summed E-state index contributed by atoms with van der Waals surface area (Å²) in [5.74, 6) is -0.702. The topological polar surface area (TPSA) is 55.4 Å². The van der Waals surface area contributed by atoms with E-state index in [4.69, 9.17) is 16.3 Å². The molecular formula is C18H18ClNO3. The number of nitrogens with one attached hydrogen (secondary N) is 1. The highest BCUT2D eigenvalue weighted by Gasteiger charge is 2.14. The number of esters is 1. The molecule has 0 radical (unpaired) electrons. The second-order valence-electron chi connectivity index (χ2n) is 5.19. The SMILES string of the molecule is CCOC(=O)c1ccc(NC(=O)c2ccc(C)cc2C)cc1Cl. The van der Waals surface area contributed by atoms with E-state index in [0.717, 1.165) is 11.1 Å². The lowest BCUT2D eigenvalue weighted by Crippen LogP contribution is -2.14. The number of carbonyl (C=O) groups is 2. The second kappa shape index (κ2) is 7.29. The van der Waals surface area contributed by atoms with Gasteiger partial charge in [0.25, 0.3) is 5.91 Å². The first-order chi connectivity index (χ1) is 10.9. The lowest BCUT2D eigenvalue weighted by molar-refractivity contribution is 0.0526. The monoisotopic (exact) mass is 331 g/mol. The van der Waals surface area contributed by atoms with Gasteiger partial charge in [0.2, 0.25) is 0 Å². The minimum Gasteiger partial charge on any atom is -0.462 e. The van der Waals surface area contributed by atoms with Gasteiger partial charge < -0.3 is 10.1 Å². The third kappa shape index (κ3) is 4.11. The van der Waals surface area contributed by atoms with Gasteiger partial charge in [0.1, 0.15) is 0 Å². The first-order valence-electron chi connectivity index (χ1n) is 7.27. The van der Waals surface area contributed by atoms with Crippen LogP contribution < -0.4 is 5.32 Å². The molecule has 2 aromatic carbocycles. The Kier molecular flexibility index (Phi) is 5.40. The van der Waals surface area contributed by atoms with Gasteiger partial charge >= 0.3 is 5.97 Å². The Morgan fingerprint density at radius 1 is 1.09 bits per heavy atom. The van der Waals surface area contributed by atoms with E-state index < -0.39 is 5.97 Å². The van der Waals surface area contributed by atoms with E-state index in [1.807, 2.05) is 26.0 Å². The van der Waals surface area contributed by atoms with E-state index >= 15 is 0 Å². The molecule has 0 saturated carbocycles. The summed E-state index contributed by atoms with van der Waals surface area (Å²) in [6.45, 7) is 5.87. The zero-order chi connectivity index (χ0) is 17.0. The summed E-state index contributed by atoms with van der Waals surface area (Å²) in [6.07, 6.45) is 0. The van der Waals surface area contributed by atoms with Crippen molar-refractivity contribution >= 4 is 29.2 Å². The average Bonchev–Trinajstić information content (AvgIpc) is 2.47. The molecule has 4 nitrogen and oxygen atoms in total. The summed E-state index contributed by atoms with van der Waals surface area (Å²) in [7, 11) is 0. The van der Waals surface area contributed by atoms with Gasteiger partial charge in [0.05, 0.1) is 17.2 Å². The van der Waals surface area contributed by atoms with Crippen molar-refractivity contribution in [2.45, 2.75) is 20.8 Å². The maximum absolute atomic E-state index is 12.3. The highest BCUT2D eigenvalue weighted by molar-refractivity contribution is 6.34. The molecule has 0 spiro atoms. The molecule has 0 atom stereocenters. The summed E-state index contributed by atoms with van der Waals surface area (Å²) in [5, 5.41) is 3.02. The fourth-order valence-corrected chi connectivity index (χ4v) is 2.49. The van der Waals surface area contributed by atoms with Gasteiger partial charge in [-0.2, -0.15) is 0 Å². The molecule has 2 aromatic rings. The number of hydrogen-bond acceptors (Lipinski definition) is 3. The van der Waals surface area contributed by atoms with E-state index in [2.05, 4.69) is 5.32 Å². The first-order valence-corrected chi connectivity index (χ1v) is 7.65. The van der Waals surface area contributed by atoms with Crippen molar-refractivity contribution in [1.29, 1.82) is 0 Å². The summed E-state index contributed by atoms with van der Waals surface area (Å²) in [4.78, 5) is 24.0. The Balaban J connectivity index is 2.18. The normalized spacial score (nSPS) is 10.3. The molecule has 120 valence electrons. The molecule has 0 unspecified atom stereocenters. The number of anilines is 1. The van der Waals surface area contributed by atoms with Gasteiger partial charge in [-0.15, -0.1) is 0 Å². The smallest absolute Gasteiger partial charge is 0.339 e. The van der Waals surface area contributed by atoms with Gasteiger partial charge in [0.15, 0.2) is 0 Å². The Morgan fingerprint density at radius 3 is 2.39 bits per heavy atom. The van der Waals surface area contributed by atoms with Crippen LogP contribution in [0.1, 0.15) is 38.8 Å². The molecule has 0 aliphatic rings. The molecule has 0 saturated heterocycles. The predicted molar refractivity (Wildman–Crippen MR) is 91.3 cm³/mol. The number of amides is 1. The third-order valence-corrected chi connectivity index (χ3v) is 3.66. The van der Waals surface area contributed by atoms with Crippen LogP contribution in [0.15, 0.2) is 36.4 Å². The maximum Gasteiger partial charge on any atom is 0.339 e. The summed E-state index contributed by atoms with van der Waals surface area (Å²) in [6, 6.07) is 10.3. The molecule has 0 heterocycles.